The van der Waals surface area contributed by atoms with E-state index in [1.165, 1.54) is 11.1 Å². The Balaban J connectivity index is 2.60. The van der Waals surface area contributed by atoms with Crippen LogP contribution >= 0.6 is 0 Å². The second-order valence-electron chi connectivity index (χ2n) is 5.64. The Labute approximate surface area is 103 Å². The maximum absolute atomic E-state index is 10.2. The Morgan fingerprint density at radius 1 is 1.24 bits per heavy atom. The minimum atomic E-state index is -0.729. The van der Waals surface area contributed by atoms with Gasteiger partial charge in [-0.05, 0) is 47.4 Å². The number of hydrogen-bond donors (Lipinski definition) is 2. The number of aryl methyl sites for hydroxylation is 1. The number of benzene rings is 1. The molecule has 0 fully saturated rings. The van der Waals surface area contributed by atoms with Gasteiger partial charge < -0.3 is 10.2 Å². The molecule has 0 saturated carbocycles. The van der Waals surface area contributed by atoms with E-state index in [2.05, 4.69) is 26.0 Å². The molecule has 2 heteroatoms. The molecule has 0 bridgehead atoms. The highest BCUT2D eigenvalue weighted by Crippen LogP contribution is 2.39. The van der Waals surface area contributed by atoms with Crippen LogP contribution in [0.5, 0.6) is 0 Å². The average molecular weight is 234 g/mol. The van der Waals surface area contributed by atoms with Crippen LogP contribution in [-0.2, 0) is 6.42 Å². The van der Waals surface area contributed by atoms with Gasteiger partial charge >= 0.3 is 0 Å². The predicted molar refractivity (Wildman–Crippen MR) is 69.1 cm³/mol. The van der Waals surface area contributed by atoms with E-state index in [9.17, 15) is 10.2 Å². The number of aliphatic hydroxyl groups is 2. The summed E-state index contributed by atoms with van der Waals surface area (Å²) in [5.41, 5.74) is 4.61. The summed E-state index contributed by atoms with van der Waals surface area (Å²) in [5, 5.41) is 20.2. The van der Waals surface area contributed by atoms with Gasteiger partial charge in [0, 0.05) is 0 Å². The molecule has 0 unspecified atom stereocenters. The van der Waals surface area contributed by atoms with Crippen molar-refractivity contribution in [2.75, 3.05) is 0 Å². The minimum Gasteiger partial charge on any atom is -0.390 e. The smallest absolute Gasteiger partial charge is 0.106 e. The van der Waals surface area contributed by atoms with E-state index in [0.29, 0.717) is 5.92 Å². The molecule has 0 saturated heterocycles. The molecule has 1 aromatic rings. The van der Waals surface area contributed by atoms with Gasteiger partial charge in [0.15, 0.2) is 0 Å². The Kier molecular flexibility index (Phi) is 3.28. The van der Waals surface area contributed by atoms with Gasteiger partial charge in [0.1, 0.15) is 6.10 Å². The van der Waals surface area contributed by atoms with Gasteiger partial charge in [-0.1, -0.05) is 32.9 Å². The van der Waals surface area contributed by atoms with E-state index in [0.717, 1.165) is 17.5 Å². The molecule has 1 aliphatic rings. The normalized spacial score (nSPS) is 28.3. The van der Waals surface area contributed by atoms with Gasteiger partial charge in [-0.25, -0.2) is 0 Å². The van der Waals surface area contributed by atoms with Crippen molar-refractivity contribution in [1.82, 2.24) is 0 Å². The summed E-state index contributed by atoms with van der Waals surface area (Å²) < 4.78 is 0. The monoisotopic (exact) mass is 234 g/mol. The highest BCUT2D eigenvalue weighted by atomic mass is 16.3. The van der Waals surface area contributed by atoms with Crippen molar-refractivity contribution < 1.29 is 10.2 Å². The highest BCUT2D eigenvalue weighted by molar-refractivity contribution is 5.45. The molecule has 94 valence electrons. The number of aliphatic hydroxyl groups excluding tert-OH is 2. The molecule has 17 heavy (non-hydrogen) atoms. The van der Waals surface area contributed by atoms with Crippen LogP contribution in [0.25, 0.3) is 0 Å². The maximum atomic E-state index is 10.2. The lowest BCUT2D eigenvalue weighted by Crippen LogP contribution is -2.34. The third-order valence-electron chi connectivity index (χ3n) is 3.96. The summed E-state index contributed by atoms with van der Waals surface area (Å²) in [4.78, 5) is 0. The quantitative estimate of drug-likeness (QED) is 0.784. The van der Waals surface area contributed by atoms with E-state index in [1.807, 2.05) is 13.8 Å². The van der Waals surface area contributed by atoms with Gasteiger partial charge in [0.2, 0.25) is 0 Å². The van der Waals surface area contributed by atoms with Crippen LogP contribution in [0.3, 0.4) is 0 Å². The van der Waals surface area contributed by atoms with Gasteiger partial charge in [0.05, 0.1) is 6.10 Å². The SMILES string of the molecule is Cc1ccc(C(C)C)c2c1[C@@H](O)[C@H](O)[C@@H](C)C2. The molecule has 0 radical (unpaired) electrons. The fourth-order valence-corrected chi connectivity index (χ4v) is 2.90. The van der Waals surface area contributed by atoms with Crippen LogP contribution in [-0.4, -0.2) is 16.3 Å². The van der Waals surface area contributed by atoms with Crippen molar-refractivity contribution in [3.05, 3.63) is 34.4 Å². The summed E-state index contributed by atoms with van der Waals surface area (Å²) in [5.74, 6) is 0.579. The third kappa shape index (κ3) is 2.00. The van der Waals surface area contributed by atoms with Crippen molar-refractivity contribution in [1.29, 1.82) is 0 Å². The third-order valence-corrected chi connectivity index (χ3v) is 3.96. The fourth-order valence-electron chi connectivity index (χ4n) is 2.90. The lowest BCUT2D eigenvalue weighted by atomic mass is 9.75. The molecule has 0 heterocycles. The Hall–Kier alpha value is -0.860. The molecule has 1 aromatic carbocycles. The van der Waals surface area contributed by atoms with E-state index in [4.69, 9.17) is 0 Å². The largest absolute Gasteiger partial charge is 0.390 e. The lowest BCUT2D eigenvalue weighted by Gasteiger charge is -2.35. The van der Waals surface area contributed by atoms with Crippen molar-refractivity contribution in [3.8, 4) is 0 Å². The summed E-state index contributed by atoms with van der Waals surface area (Å²) in [6.07, 6.45) is -0.501. The summed E-state index contributed by atoms with van der Waals surface area (Å²) >= 11 is 0. The molecule has 1 aliphatic carbocycles. The number of rotatable bonds is 1. The topological polar surface area (TPSA) is 40.5 Å². The van der Waals surface area contributed by atoms with Crippen molar-refractivity contribution >= 4 is 0 Å². The number of hydrogen-bond acceptors (Lipinski definition) is 2. The van der Waals surface area contributed by atoms with Crippen LogP contribution in [0.1, 0.15) is 55.0 Å². The summed E-state index contributed by atoms with van der Waals surface area (Å²) in [6.45, 7) is 8.36. The summed E-state index contributed by atoms with van der Waals surface area (Å²) in [7, 11) is 0. The van der Waals surface area contributed by atoms with Crippen LogP contribution in [0.15, 0.2) is 12.1 Å². The fraction of sp³-hybridized carbons (Fsp3) is 0.600. The number of fused-ring (bicyclic) bond motifs is 1. The zero-order chi connectivity index (χ0) is 12.7. The van der Waals surface area contributed by atoms with Gasteiger partial charge in [0.25, 0.3) is 0 Å². The molecule has 0 aliphatic heterocycles. The first-order valence-electron chi connectivity index (χ1n) is 6.41. The zero-order valence-corrected chi connectivity index (χ0v) is 11.1. The zero-order valence-electron chi connectivity index (χ0n) is 11.1. The van der Waals surface area contributed by atoms with Crippen molar-refractivity contribution in [2.24, 2.45) is 5.92 Å². The molecule has 2 rings (SSSR count). The van der Waals surface area contributed by atoms with Gasteiger partial charge in [-0.2, -0.15) is 0 Å². The van der Waals surface area contributed by atoms with Crippen LogP contribution in [0.2, 0.25) is 0 Å². The summed E-state index contributed by atoms with van der Waals surface area (Å²) in [6, 6.07) is 4.22. The van der Waals surface area contributed by atoms with Crippen LogP contribution < -0.4 is 0 Å². The molecule has 3 atom stereocenters. The Morgan fingerprint density at radius 3 is 2.47 bits per heavy atom. The van der Waals surface area contributed by atoms with Gasteiger partial charge in [-0.3, -0.25) is 0 Å². The first-order chi connectivity index (χ1) is 7.93. The standard InChI is InChI=1S/C15H22O2/c1-8(2)11-6-5-9(3)13-12(11)7-10(4)14(16)15(13)17/h5-6,8,10,14-17H,7H2,1-4H3/t10-,14+,15+/m0/s1. The molecular weight excluding hydrogens is 212 g/mol. The van der Waals surface area contributed by atoms with E-state index < -0.39 is 12.2 Å². The second-order valence-corrected chi connectivity index (χ2v) is 5.64. The molecule has 2 nitrogen and oxygen atoms in total. The molecule has 2 N–H and O–H groups in total. The van der Waals surface area contributed by atoms with E-state index in [1.54, 1.807) is 0 Å². The first kappa shape index (κ1) is 12.6. The molecule has 0 aromatic heterocycles. The van der Waals surface area contributed by atoms with E-state index >= 15 is 0 Å². The van der Waals surface area contributed by atoms with Gasteiger partial charge in [-0.15, -0.1) is 0 Å². The van der Waals surface area contributed by atoms with Crippen LogP contribution in [0, 0.1) is 12.8 Å². The first-order valence-corrected chi connectivity index (χ1v) is 6.41. The maximum Gasteiger partial charge on any atom is 0.106 e. The minimum absolute atomic E-state index is 0.122. The lowest BCUT2D eigenvalue weighted by molar-refractivity contribution is -0.0230. The molecular formula is C15H22O2. The average Bonchev–Trinajstić information content (AvgIpc) is 2.25. The van der Waals surface area contributed by atoms with Crippen LogP contribution in [0.4, 0.5) is 0 Å². The molecule has 0 amide bonds. The van der Waals surface area contributed by atoms with E-state index in [-0.39, 0.29) is 5.92 Å². The van der Waals surface area contributed by atoms with Crippen molar-refractivity contribution in [2.45, 2.75) is 52.2 Å². The Bertz CT molecular complexity index is 423. The highest BCUT2D eigenvalue weighted by Gasteiger charge is 2.34. The Morgan fingerprint density at radius 2 is 1.88 bits per heavy atom. The second kappa shape index (κ2) is 4.43. The van der Waals surface area contributed by atoms with Crippen molar-refractivity contribution in [3.63, 3.8) is 0 Å². The predicted octanol–water partition coefficient (Wildman–Crippen LogP) is 2.70. The molecule has 0 spiro atoms.